The Hall–Kier alpha value is -3.85. The Labute approximate surface area is 209 Å². The van der Waals surface area contributed by atoms with Gasteiger partial charge in [-0.2, -0.15) is 4.98 Å². The zero-order valence-corrected chi connectivity index (χ0v) is 21.1. The number of hydrogen-bond donors (Lipinski definition) is 2. The van der Waals surface area contributed by atoms with Crippen molar-refractivity contribution < 1.29 is 4.79 Å². The summed E-state index contributed by atoms with van der Waals surface area (Å²) in [4.78, 5) is 38.8. The zero-order chi connectivity index (χ0) is 25.4. The molecule has 0 amide bonds. The number of rotatable bonds is 6. The number of Topliss-reactive ketones (excluding diaryl/α,β-unsaturated/α-hetero) is 1. The molecule has 4 heterocycles. The van der Waals surface area contributed by atoms with E-state index in [1.165, 1.54) is 18.1 Å². The fraction of sp³-hybridized carbons (Fsp3) is 0.370. The summed E-state index contributed by atoms with van der Waals surface area (Å²) >= 11 is 0. The van der Waals surface area contributed by atoms with E-state index >= 15 is 0 Å². The van der Waals surface area contributed by atoms with E-state index in [-0.39, 0.29) is 29.7 Å². The minimum Gasteiger partial charge on any atom is -0.324 e. The summed E-state index contributed by atoms with van der Waals surface area (Å²) in [7, 11) is 0. The highest BCUT2D eigenvalue weighted by Crippen LogP contribution is 2.25. The maximum absolute atomic E-state index is 13.4. The van der Waals surface area contributed by atoms with E-state index in [4.69, 9.17) is 4.98 Å². The molecule has 0 radical (unpaired) electrons. The number of nitrogens with one attached hydrogen (secondary N) is 2. The van der Waals surface area contributed by atoms with Gasteiger partial charge < -0.3 is 10.6 Å². The van der Waals surface area contributed by atoms with Crippen molar-refractivity contribution in [3.8, 4) is 5.69 Å². The van der Waals surface area contributed by atoms with Gasteiger partial charge in [-0.3, -0.25) is 14.6 Å². The summed E-state index contributed by atoms with van der Waals surface area (Å²) < 4.78 is 3.35. The van der Waals surface area contributed by atoms with Crippen molar-refractivity contribution in [2.75, 3.05) is 11.9 Å². The molecule has 1 aliphatic heterocycles. The Morgan fingerprint density at radius 1 is 1.14 bits per heavy atom. The third-order valence-electron chi connectivity index (χ3n) is 6.46. The van der Waals surface area contributed by atoms with Crippen LogP contribution in [0.4, 0.5) is 11.6 Å². The number of pyridine rings is 1. The normalized spacial score (nSPS) is 13.6. The molecular weight excluding hydrogens is 454 g/mol. The summed E-state index contributed by atoms with van der Waals surface area (Å²) in [6, 6.07) is 10.1. The molecule has 3 aromatic heterocycles. The molecule has 0 spiro atoms. The van der Waals surface area contributed by atoms with Crippen molar-refractivity contribution in [1.29, 1.82) is 0 Å². The molecule has 0 saturated carbocycles. The molecule has 0 aliphatic carbocycles. The van der Waals surface area contributed by atoms with Gasteiger partial charge in [-0.1, -0.05) is 26.8 Å². The van der Waals surface area contributed by atoms with E-state index in [9.17, 15) is 9.59 Å². The van der Waals surface area contributed by atoms with Crippen molar-refractivity contribution >= 4 is 28.5 Å². The topological polar surface area (TPSA) is 107 Å². The van der Waals surface area contributed by atoms with Gasteiger partial charge in [0.25, 0.3) is 5.56 Å². The highest BCUT2D eigenvalue weighted by Gasteiger charge is 2.21. The lowest BCUT2D eigenvalue weighted by molar-refractivity contribution is -0.117. The number of carbonyl (C=O) groups is 1. The van der Waals surface area contributed by atoms with Gasteiger partial charge in [-0.15, -0.1) is 0 Å². The van der Waals surface area contributed by atoms with Gasteiger partial charge in [0.05, 0.1) is 12.2 Å². The lowest BCUT2D eigenvalue weighted by Gasteiger charge is -2.19. The van der Waals surface area contributed by atoms with Gasteiger partial charge >= 0.3 is 0 Å². The minimum absolute atomic E-state index is 0.0131. The Bertz CT molecular complexity index is 1510. The standard InChI is InChI=1S/C27H31N7O2/c1-17(35)9-12-33-25(36)22-16-30-26(31-20-6-5-18-7-10-28-15-19(18)13-20)32-24(22)34(33)21-8-11-29-23(14-21)27(2,3)4/h5-6,8,11,13-14,16,28H,7,9-10,12,15H2,1-4H3,(H,30,31,32). The highest BCUT2D eigenvalue weighted by molar-refractivity contribution is 5.78. The van der Waals surface area contributed by atoms with Crippen molar-refractivity contribution in [1.82, 2.24) is 29.6 Å². The van der Waals surface area contributed by atoms with E-state index < -0.39 is 0 Å². The molecule has 9 heteroatoms. The van der Waals surface area contributed by atoms with Crippen LogP contribution >= 0.6 is 0 Å². The SMILES string of the molecule is CC(=O)CCn1c(=O)c2cnc(Nc3ccc4c(c3)CNCC4)nc2n1-c1ccnc(C(C)(C)C)c1. The Morgan fingerprint density at radius 2 is 1.97 bits per heavy atom. The number of carbonyl (C=O) groups excluding carboxylic acids is 1. The van der Waals surface area contributed by atoms with E-state index in [2.05, 4.69) is 53.5 Å². The van der Waals surface area contributed by atoms with Crippen LogP contribution in [0, 0.1) is 0 Å². The molecule has 1 aromatic carbocycles. The molecule has 0 bridgehead atoms. The lowest BCUT2D eigenvalue weighted by atomic mass is 9.91. The predicted molar refractivity (Wildman–Crippen MR) is 140 cm³/mol. The second-order valence-corrected chi connectivity index (χ2v) is 10.3. The third kappa shape index (κ3) is 4.66. The van der Waals surface area contributed by atoms with Gasteiger partial charge in [0.1, 0.15) is 11.2 Å². The van der Waals surface area contributed by atoms with E-state index in [1.54, 1.807) is 21.8 Å². The number of nitrogens with zero attached hydrogens (tertiary/aromatic N) is 5. The molecule has 9 nitrogen and oxygen atoms in total. The fourth-order valence-electron chi connectivity index (χ4n) is 4.46. The van der Waals surface area contributed by atoms with Gasteiger partial charge in [-0.25, -0.2) is 14.3 Å². The van der Waals surface area contributed by atoms with Crippen LogP contribution in [0.25, 0.3) is 16.7 Å². The van der Waals surface area contributed by atoms with Crippen LogP contribution in [0.1, 0.15) is 50.9 Å². The van der Waals surface area contributed by atoms with E-state index in [0.29, 0.717) is 17.0 Å². The molecular formula is C27H31N7O2. The highest BCUT2D eigenvalue weighted by atomic mass is 16.1. The summed E-state index contributed by atoms with van der Waals surface area (Å²) in [6.07, 6.45) is 4.55. The van der Waals surface area contributed by atoms with Crippen LogP contribution < -0.4 is 16.2 Å². The number of aromatic nitrogens is 5. The maximum atomic E-state index is 13.4. The molecule has 0 atom stereocenters. The number of anilines is 2. The lowest BCUT2D eigenvalue weighted by Crippen LogP contribution is -2.24. The molecule has 0 fully saturated rings. The van der Waals surface area contributed by atoms with Crippen LogP contribution in [0.2, 0.25) is 0 Å². The quantitative estimate of drug-likeness (QED) is 0.429. The third-order valence-corrected chi connectivity index (χ3v) is 6.46. The Balaban J connectivity index is 1.62. The zero-order valence-electron chi connectivity index (χ0n) is 21.1. The summed E-state index contributed by atoms with van der Waals surface area (Å²) in [5.74, 6) is 0.410. The first-order valence-electron chi connectivity index (χ1n) is 12.2. The second kappa shape index (κ2) is 9.31. The molecule has 0 unspecified atom stereocenters. The first kappa shape index (κ1) is 23.9. The number of fused-ring (bicyclic) bond motifs is 2. The molecule has 36 heavy (non-hydrogen) atoms. The monoisotopic (exact) mass is 485 g/mol. The summed E-state index contributed by atoms with van der Waals surface area (Å²) in [5, 5.41) is 7.09. The number of hydrogen-bond acceptors (Lipinski definition) is 7. The molecule has 2 N–H and O–H groups in total. The smallest absolute Gasteiger partial charge is 0.278 e. The largest absolute Gasteiger partial charge is 0.324 e. The average molecular weight is 486 g/mol. The first-order valence-corrected chi connectivity index (χ1v) is 12.2. The first-order chi connectivity index (χ1) is 17.2. The van der Waals surface area contributed by atoms with E-state index in [1.807, 2.05) is 18.2 Å². The molecule has 0 saturated heterocycles. The minimum atomic E-state index is -0.230. The fourth-order valence-corrected chi connectivity index (χ4v) is 4.46. The molecule has 4 aromatic rings. The average Bonchev–Trinajstić information content (AvgIpc) is 3.13. The van der Waals surface area contributed by atoms with Crippen LogP contribution in [0.5, 0.6) is 0 Å². The number of benzene rings is 1. The summed E-state index contributed by atoms with van der Waals surface area (Å²) in [5.41, 5.74) is 5.22. The van der Waals surface area contributed by atoms with E-state index in [0.717, 1.165) is 36.6 Å². The second-order valence-electron chi connectivity index (χ2n) is 10.3. The Kier molecular flexibility index (Phi) is 6.17. The van der Waals surface area contributed by atoms with Crippen molar-refractivity contribution in [2.45, 2.75) is 59.0 Å². The molecule has 186 valence electrons. The van der Waals surface area contributed by atoms with Gasteiger partial charge in [0.15, 0.2) is 5.65 Å². The maximum Gasteiger partial charge on any atom is 0.278 e. The molecule has 5 rings (SSSR count). The van der Waals surface area contributed by atoms with Crippen molar-refractivity contribution in [3.63, 3.8) is 0 Å². The van der Waals surface area contributed by atoms with Crippen molar-refractivity contribution in [2.24, 2.45) is 0 Å². The summed E-state index contributed by atoms with van der Waals surface area (Å²) in [6.45, 7) is 9.87. The number of ketones is 1. The Morgan fingerprint density at radius 3 is 2.75 bits per heavy atom. The van der Waals surface area contributed by atoms with Gasteiger partial charge in [0, 0.05) is 42.2 Å². The van der Waals surface area contributed by atoms with Crippen LogP contribution in [0.15, 0.2) is 47.5 Å². The van der Waals surface area contributed by atoms with Gasteiger partial charge in [-0.05, 0) is 55.3 Å². The molecule has 1 aliphatic rings. The van der Waals surface area contributed by atoms with Crippen molar-refractivity contribution in [3.05, 3.63) is 69.9 Å². The van der Waals surface area contributed by atoms with Crippen LogP contribution in [-0.2, 0) is 29.7 Å². The predicted octanol–water partition coefficient (Wildman–Crippen LogP) is 3.64. The van der Waals surface area contributed by atoms with Crippen LogP contribution in [-0.4, -0.2) is 36.6 Å². The van der Waals surface area contributed by atoms with Crippen LogP contribution in [0.3, 0.4) is 0 Å². The van der Waals surface area contributed by atoms with Gasteiger partial charge in [0.2, 0.25) is 5.95 Å².